The van der Waals surface area contributed by atoms with E-state index in [1.165, 1.54) is 19.3 Å². The molecule has 3 heterocycles. The molecule has 2 N–H and O–H groups in total. The van der Waals surface area contributed by atoms with Gasteiger partial charge >= 0.3 is 0 Å². The van der Waals surface area contributed by atoms with E-state index in [4.69, 9.17) is 0 Å². The molecule has 0 aromatic carbocycles. The fraction of sp³-hybridized carbons (Fsp3) is 0.833. The topological polar surface area (TPSA) is 105 Å². The lowest BCUT2D eigenvalue weighted by Gasteiger charge is -2.41. The highest BCUT2D eigenvalue weighted by molar-refractivity contribution is 5.97. The molecule has 3 saturated heterocycles. The maximum atomic E-state index is 14.1. The first kappa shape index (κ1) is 38.0. The molecule has 0 aromatic heterocycles. The van der Waals surface area contributed by atoms with Gasteiger partial charge in [0.25, 0.3) is 0 Å². The third kappa shape index (κ3) is 10.0. The van der Waals surface area contributed by atoms with Crippen LogP contribution in [0.4, 0.5) is 0 Å². The zero-order chi connectivity index (χ0) is 34.2. The van der Waals surface area contributed by atoms with Gasteiger partial charge in [-0.15, -0.1) is 0 Å². The lowest BCUT2D eigenvalue weighted by Crippen LogP contribution is -2.60. The molecule has 0 saturated carbocycles. The first-order chi connectivity index (χ1) is 21.6. The number of rotatable bonds is 12. The molecular weight excluding hydrogens is 580 g/mol. The molecule has 262 valence electrons. The van der Waals surface area contributed by atoms with Gasteiger partial charge < -0.3 is 25.3 Å². The minimum absolute atomic E-state index is 0.0234. The van der Waals surface area contributed by atoms with Gasteiger partial charge in [-0.3, -0.25) is 24.1 Å². The van der Waals surface area contributed by atoms with Crippen LogP contribution in [0.1, 0.15) is 107 Å². The average Bonchev–Trinajstić information content (AvgIpc) is 3.51. The van der Waals surface area contributed by atoms with Crippen LogP contribution in [-0.2, 0) is 19.2 Å². The number of hydrogen-bond donors (Lipinski definition) is 2. The lowest BCUT2D eigenvalue weighted by atomic mass is 9.84. The standard InChI is InChI=1S/C36H64N6O4/c1-25(2)30(39(9)35(46)31(36(6,7)8)38-33(44)29-16-11-14-21-41(29)26(3)4)24-27(5)34(45)42-22-15-17-28(42)32(43)37-18-23-40-19-12-10-13-20-40/h24-26,28-31H,10-23H2,1-9H3,(H,37,43)(H,38,44)/b27-24+/t28-,29?,30+,31+/m0/s1. The highest BCUT2D eigenvalue weighted by atomic mass is 16.2. The van der Waals surface area contributed by atoms with Crippen LogP contribution in [0.3, 0.4) is 0 Å². The number of carbonyl (C=O) groups is 4. The number of carbonyl (C=O) groups excluding carboxylic acids is 4. The Kier molecular flexibility index (Phi) is 14.1. The number of amides is 4. The van der Waals surface area contributed by atoms with Crippen LogP contribution in [0.5, 0.6) is 0 Å². The molecule has 3 fully saturated rings. The summed E-state index contributed by atoms with van der Waals surface area (Å²) >= 11 is 0. The van der Waals surface area contributed by atoms with Crippen molar-refractivity contribution in [3.63, 3.8) is 0 Å². The number of nitrogens with zero attached hydrogens (tertiary/aromatic N) is 4. The van der Waals surface area contributed by atoms with Gasteiger partial charge in [-0.1, -0.05) is 53.5 Å². The van der Waals surface area contributed by atoms with Crippen LogP contribution in [0, 0.1) is 11.3 Å². The predicted molar refractivity (Wildman–Crippen MR) is 184 cm³/mol. The second kappa shape index (κ2) is 17.1. The van der Waals surface area contributed by atoms with E-state index in [9.17, 15) is 19.2 Å². The van der Waals surface area contributed by atoms with Crippen molar-refractivity contribution in [1.29, 1.82) is 0 Å². The first-order valence-electron chi connectivity index (χ1n) is 18.0. The van der Waals surface area contributed by atoms with Crippen molar-refractivity contribution in [2.45, 2.75) is 137 Å². The highest BCUT2D eigenvalue weighted by Crippen LogP contribution is 2.27. The molecule has 3 rings (SSSR count). The summed E-state index contributed by atoms with van der Waals surface area (Å²) in [5.74, 6) is -0.481. The van der Waals surface area contributed by atoms with Gasteiger partial charge in [0.05, 0.1) is 12.1 Å². The van der Waals surface area contributed by atoms with E-state index in [-0.39, 0.29) is 47.7 Å². The van der Waals surface area contributed by atoms with E-state index in [1.807, 2.05) is 40.7 Å². The summed E-state index contributed by atoms with van der Waals surface area (Å²) in [5, 5.41) is 6.23. The fourth-order valence-corrected chi connectivity index (χ4v) is 7.32. The Morgan fingerprint density at radius 3 is 2.09 bits per heavy atom. The van der Waals surface area contributed by atoms with Gasteiger partial charge in [0.2, 0.25) is 23.6 Å². The molecular formula is C36H64N6O4. The number of likely N-dealkylation sites (tertiary alicyclic amines) is 3. The third-order valence-electron chi connectivity index (χ3n) is 10.1. The third-order valence-corrected chi connectivity index (χ3v) is 10.1. The number of piperidine rings is 2. The Morgan fingerprint density at radius 2 is 1.48 bits per heavy atom. The van der Waals surface area contributed by atoms with Crippen molar-refractivity contribution < 1.29 is 19.2 Å². The summed E-state index contributed by atoms with van der Waals surface area (Å²) in [6, 6.07) is -1.55. The van der Waals surface area contributed by atoms with E-state index in [0.29, 0.717) is 25.1 Å². The van der Waals surface area contributed by atoms with Crippen LogP contribution in [0.2, 0.25) is 0 Å². The minimum Gasteiger partial charge on any atom is -0.353 e. The second-order valence-corrected chi connectivity index (χ2v) is 15.5. The van der Waals surface area contributed by atoms with Crippen LogP contribution in [0.25, 0.3) is 0 Å². The normalized spacial score (nSPS) is 23.4. The van der Waals surface area contributed by atoms with Gasteiger partial charge in [-0.2, -0.15) is 0 Å². The van der Waals surface area contributed by atoms with Crippen LogP contribution >= 0.6 is 0 Å². The highest BCUT2D eigenvalue weighted by Gasteiger charge is 2.40. The molecule has 0 spiro atoms. The molecule has 4 amide bonds. The van der Waals surface area contributed by atoms with E-state index in [1.54, 1.807) is 23.8 Å². The minimum atomic E-state index is -0.719. The predicted octanol–water partition coefficient (Wildman–Crippen LogP) is 3.80. The molecule has 0 aliphatic carbocycles. The number of hydrogen-bond acceptors (Lipinski definition) is 6. The van der Waals surface area contributed by atoms with Gasteiger partial charge in [0.1, 0.15) is 12.1 Å². The molecule has 10 heteroatoms. The molecule has 4 atom stereocenters. The maximum absolute atomic E-state index is 14.1. The van der Waals surface area contributed by atoms with Crippen LogP contribution in [-0.4, -0.2) is 120 Å². The van der Waals surface area contributed by atoms with Crippen molar-refractivity contribution in [3.05, 3.63) is 11.6 Å². The summed E-state index contributed by atoms with van der Waals surface area (Å²) in [6.45, 7) is 21.0. The Bertz CT molecular complexity index is 1080. The Morgan fingerprint density at radius 1 is 0.848 bits per heavy atom. The van der Waals surface area contributed by atoms with E-state index in [0.717, 1.165) is 51.9 Å². The van der Waals surface area contributed by atoms with Gasteiger partial charge in [0, 0.05) is 38.3 Å². The average molecular weight is 645 g/mol. The summed E-state index contributed by atoms with van der Waals surface area (Å²) < 4.78 is 0. The van der Waals surface area contributed by atoms with Crippen molar-refractivity contribution >= 4 is 23.6 Å². The van der Waals surface area contributed by atoms with E-state index < -0.39 is 17.5 Å². The number of nitrogens with one attached hydrogen (secondary N) is 2. The lowest BCUT2D eigenvalue weighted by molar-refractivity contribution is -0.142. The zero-order valence-corrected chi connectivity index (χ0v) is 30.4. The summed E-state index contributed by atoms with van der Waals surface area (Å²) in [6.07, 6.45) is 9.89. The summed E-state index contributed by atoms with van der Waals surface area (Å²) in [7, 11) is 1.77. The number of likely N-dealkylation sites (N-methyl/N-ethyl adjacent to an activating group) is 1. The molecule has 3 aliphatic heterocycles. The molecule has 0 bridgehead atoms. The largest absolute Gasteiger partial charge is 0.353 e. The molecule has 3 aliphatic rings. The van der Waals surface area contributed by atoms with Crippen molar-refractivity contribution in [2.75, 3.05) is 46.3 Å². The Balaban J connectivity index is 1.70. The van der Waals surface area contributed by atoms with E-state index >= 15 is 0 Å². The summed E-state index contributed by atoms with van der Waals surface area (Å²) in [4.78, 5) is 62.7. The van der Waals surface area contributed by atoms with Crippen molar-refractivity contribution in [2.24, 2.45) is 11.3 Å². The summed E-state index contributed by atoms with van der Waals surface area (Å²) in [5.41, 5.74) is 0.0101. The van der Waals surface area contributed by atoms with Crippen LogP contribution in [0.15, 0.2) is 11.6 Å². The molecule has 46 heavy (non-hydrogen) atoms. The molecule has 0 radical (unpaired) electrons. The van der Waals surface area contributed by atoms with Crippen LogP contribution < -0.4 is 10.6 Å². The van der Waals surface area contributed by atoms with Gasteiger partial charge in [-0.25, -0.2) is 0 Å². The van der Waals surface area contributed by atoms with E-state index in [2.05, 4.69) is 34.3 Å². The Hall–Kier alpha value is -2.46. The fourth-order valence-electron chi connectivity index (χ4n) is 7.32. The van der Waals surface area contributed by atoms with Crippen molar-refractivity contribution in [3.8, 4) is 0 Å². The first-order valence-corrected chi connectivity index (χ1v) is 18.0. The monoisotopic (exact) mass is 644 g/mol. The maximum Gasteiger partial charge on any atom is 0.249 e. The molecule has 10 nitrogen and oxygen atoms in total. The van der Waals surface area contributed by atoms with Gasteiger partial charge in [-0.05, 0) is 90.3 Å². The SMILES string of the molecule is C/C(=C\[C@H](C(C)C)N(C)C(=O)[C@@H](NC(=O)C1CCCCN1C(C)C)C(C)(C)C)C(=O)N1CCC[C@H]1C(=O)NCCN1CCCCC1. The second-order valence-electron chi connectivity index (χ2n) is 15.5. The quantitative estimate of drug-likeness (QED) is 0.313. The molecule has 1 unspecified atom stereocenters. The van der Waals surface area contributed by atoms with Gasteiger partial charge in [0.15, 0.2) is 0 Å². The Labute approximate surface area is 279 Å². The smallest absolute Gasteiger partial charge is 0.249 e. The molecule has 0 aromatic rings. The zero-order valence-electron chi connectivity index (χ0n) is 30.4. The van der Waals surface area contributed by atoms with Crippen molar-refractivity contribution in [1.82, 2.24) is 30.2 Å².